The Labute approximate surface area is 191 Å². The van der Waals surface area contributed by atoms with Crippen molar-refractivity contribution in [2.24, 2.45) is 0 Å². The summed E-state index contributed by atoms with van der Waals surface area (Å²) in [4.78, 5) is 22.6. The Morgan fingerprint density at radius 2 is 1.52 bits per heavy atom. The van der Waals surface area contributed by atoms with E-state index < -0.39 is 0 Å². The number of amides is 1. The van der Waals surface area contributed by atoms with Crippen LogP contribution in [0, 0.1) is 0 Å². The third-order valence-corrected chi connectivity index (χ3v) is 6.18. The highest BCUT2D eigenvalue weighted by atomic mass is 79.9. The van der Waals surface area contributed by atoms with E-state index in [-0.39, 0.29) is 5.91 Å². The number of carbonyl (C=O) groups is 1. The van der Waals surface area contributed by atoms with Gasteiger partial charge in [0.15, 0.2) is 5.13 Å². The molecule has 6 heteroatoms. The lowest BCUT2D eigenvalue weighted by atomic mass is 10.0. The van der Waals surface area contributed by atoms with Gasteiger partial charge in [-0.1, -0.05) is 76.6 Å². The minimum absolute atomic E-state index is 0.203. The predicted molar refractivity (Wildman–Crippen MR) is 130 cm³/mol. The third kappa shape index (κ3) is 4.13. The van der Waals surface area contributed by atoms with E-state index in [9.17, 15) is 4.79 Å². The first kappa shape index (κ1) is 19.6. The number of halogens is 1. The lowest BCUT2D eigenvalue weighted by molar-refractivity contribution is 0.102. The number of fused-ring (bicyclic) bond motifs is 1. The fourth-order valence-electron chi connectivity index (χ4n) is 3.37. The van der Waals surface area contributed by atoms with E-state index in [0.29, 0.717) is 10.7 Å². The summed E-state index contributed by atoms with van der Waals surface area (Å²) in [6.07, 6.45) is 0. The maximum absolute atomic E-state index is 13.2. The van der Waals surface area contributed by atoms with Gasteiger partial charge in [0.1, 0.15) is 0 Å². The summed E-state index contributed by atoms with van der Waals surface area (Å²) in [6, 6.07) is 27.3. The molecule has 0 saturated carbocycles. The number of aromatic nitrogens is 2. The molecule has 1 N–H and O–H groups in total. The van der Waals surface area contributed by atoms with Gasteiger partial charge in [-0.05, 0) is 24.3 Å². The number of hydrogen-bond acceptors (Lipinski definition) is 4. The van der Waals surface area contributed by atoms with Crippen LogP contribution < -0.4 is 5.32 Å². The molecular weight excluding hydrogens is 470 g/mol. The zero-order valence-corrected chi connectivity index (χ0v) is 18.7. The van der Waals surface area contributed by atoms with Crippen molar-refractivity contribution in [3.63, 3.8) is 0 Å². The number of nitrogens with zero attached hydrogens (tertiary/aromatic N) is 2. The maximum Gasteiger partial charge on any atom is 0.258 e. The van der Waals surface area contributed by atoms with Crippen LogP contribution in [0.2, 0.25) is 0 Å². The van der Waals surface area contributed by atoms with Crippen molar-refractivity contribution < 1.29 is 4.79 Å². The molecule has 0 fully saturated rings. The van der Waals surface area contributed by atoms with Crippen LogP contribution in [0.15, 0.2) is 94.8 Å². The first-order valence-corrected chi connectivity index (χ1v) is 11.3. The maximum atomic E-state index is 13.2. The number of anilines is 1. The zero-order valence-electron chi connectivity index (χ0n) is 16.2. The lowest BCUT2D eigenvalue weighted by Crippen LogP contribution is -2.13. The Morgan fingerprint density at radius 1 is 0.806 bits per heavy atom. The molecule has 0 aliphatic carbocycles. The molecule has 150 valence electrons. The molecule has 5 rings (SSSR count). The predicted octanol–water partition coefficient (Wildman–Crippen LogP) is 7.04. The molecule has 31 heavy (non-hydrogen) atoms. The van der Waals surface area contributed by atoms with E-state index in [1.807, 2.05) is 90.3 Å². The van der Waals surface area contributed by atoms with Gasteiger partial charge in [-0.15, -0.1) is 11.3 Å². The largest absolute Gasteiger partial charge is 0.298 e. The molecule has 2 aromatic heterocycles. The van der Waals surface area contributed by atoms with Crippen LogP contribution in [-0.4, -0.2) is 15.9 Å². The van der Waals surface area contributed by atoms with E-state index in [1.165, 1.54) is 11.3 Å². The quantitative estimate of drug-likeness (QED) is 0.297. The summed E-state index contributed by atoms with van der Waals surface area (Å²) in [5, 5.41) is 6.28. The van der Waals surface area contributed by atoms with Gasteiger partial charge in [-0.3, -0.25) is 10.1 Å². The van der Waals surface area contributed by atoms with Crippen LogP contribution in [0.3, 0.4) is 0 Å². The van der Waals surface area contributed by atoms with E-state index in [2.05, 4.69) is 26.2 Å². The number of hydrogen-bond donors (Lipinski definition) is 1. The summed E-state index contributed by atoms with van der Waals surface area (Å²) in [5.41, 5.74) is 4.91. The standard InChI is InChI=1S/C25H16BrN3OS/c26-18-12-10-17(11-13-18)22-14-20(19-8-4-5-9-21(19)27-22)24(30)29-25-28-23(15-31-25)16-6-2-1-3-7-16/h1-15H,(H,28,29,30). The van der Waals surface area contributed by atoms with E-state index in [0.717, 1.165) is 37.9 Å². The van der Waals surface area contributed by atoms with Gasteiger partial charge in [-0.25, -0.2) is 9.97 Å². The van der Waals surface area contributed by atoms with Crippen LogP contribution in [0.5, 0.6) is 0 Å². The zero-order chi connectivity index (χ0) is 21.2. The topological polar surface area (TPSA) is 54.9 Å². The molecule has 0 aliphatic heterocycles. The van der Waals surface area contributed by atoms with Gasteiger partial charge in [0.25, 0.3) is 5.91 Å². The molecule has 0 unspecified atom stereocenters. The molecule has 4 nitrogen and oxygen atoms in total. The molecule has 0 aliphatic rings. The number of benzene rings is 3. The van der Waals surface area contributed by atoms with Gasteiger partial charge >= 0.3 is 0 Å². The molecule has 1 amide bonds. The van der Waals surface area contributed by atoms with Crippen molar-refractivity contribution in [2.75, 3.05) is 5.32 Å². The molecule has 5 aromatic rings. The summed E-state index contributed by atoms with van der Waals surface area (Å²) in [7, 11) is 0. The Morgan fingerprint density at radius 3 is 2.32 bits per heavy atom. The number of thiazole rings is 1. The van der Waals surface area contributed by atoms with Gasteiger partial charge in [0.2, 0.25) is 0 Å². The molecule has 0 spiro atoms. The number of para-hydroxylation sites is 1. The van der Waals surface area contributed by atoms with Crippen molar-refractivity contribution in [1.82, 2.24) is 9.97 Å². The average molecular weight is 486 g/mol. The van der Waals surface area contributed by atoms with Crippen molar-refractivity contribution >= 4 is 49.2 Å². The van der Waals surface area contributed by atoms with Gasteiger partial charge in [0.05, 0.1) is 22.5 Å². The Hall–Kier alpha value is -3.35. The second-order valence-corrected chi connectivity index (χ2v) is 8.71. The SMILES string of the molecule is O=C(Nc1nc(-c2ccccc2)cs1)c1cc(-c2ccc(Br)cc2)nc2ccccc12. The van der Waals surface area contributed by atoms with Gasteiger partial charge in [-0.2, -0.15) is 0 Å². The van der Waals surface area contributed by atoms with Crippen LogP contribution >= 0.6 is 27.3 Å². The lowest BCUT2D eigenvalue weighted by Gasteiger charge is -2.10. The number of nitrogens with one attached hydrogen (secondary N) is 1. The first-order chi connectivity index (χ1) is 15.2. The normalized spacial score (nSPS) is 10.9. The van der Waals surface area contributed by atoms with E-state index >= 15 is 0 Å². The smallest absolute Gasteiger partial charge is 0.258 e. The van der Waals surface area contributed by atoms with Crippen LogP contribution in [0.25, 0.3) is 33.4 Å². The minimum atomic E-state index is -0.203. The third-order valence-electron chi connectivity index (χ3n) is 4.89. The first-order valence-electron chi connectivity index (χ1n) is 9.65. The van der Waals surface area contributed by atoms with E-state index in [4.69, 9.17) is 4.98 Å². The van der Waals surface area contributed by atoms with Crippen LogP contribution in [0.1, 0.15) is 10.4 Å². The van der Waals surface area contributed by atoms with Crippen molar-refractivity contribution in [2.45, 2.75) is 0 Å². The summed E-state index contributed by atoms with van der Waals surface area (Å²) in [5.74, 6) is -0.203. The number of carbonyl (C=O) groups excluding carboxylic acids is 1. The highest BCUT2D eigenvalue weighted by Gasteiger charge is 2.16. The van der Waals surface area contributed by atoms with Gasteiger partial charge in [0, 0.05) is 26.4 Å². The molecule has 0 atom stereocenters. The second-order valence-electron chi connectivity index (χ2n) is 6.94. The van der Waals surface area contributed by atoms with Crippen LogP contribution in [0.4, 0.5) is 5.13 Å². The van der Waals surface area contributed by atoms with Crippen molar-refractivity contribution in [3.8, 4) is 22.5 Å². The highest BCUT2D eigenvalue weighted by molar-refractivity contribution is 9.10. The summed E-state index contributed by atoms with van der Waals surface area (Å²) >= 11 is 4.87. The molecular formula is C25H16BrN3OS. The summed E-state index contributed by atoms with van der Waals surface area (Å²) < 4.78 is 0.994. The average Bonchev–Trinajstić information content (AvgIpc) is 3.28. The fourth-order valence-corrected chi connectivity index (χ4v) is 4.35. The van der Waals surface area contributed by atoms with Crippen molar-refractivity contribution in [1.29, 1.82) is 0 Å². The summed E-state index contributed by atoms with van der Waals surface area (Å²) in [6.45, 7) is 0. The Balaban J connectivity index is 1.51. The molecule has 0 bridgehead atoms. The number of rotatable bonds is 4. The Kier molecular flexibility index (Phi) is 5.32. The molecule has 2 heterocycles. The van der Waals surface area contributed by atoms with E-state index in [1.54, 1.807) is 0 Å². The minimum Gasteiger partial charge on any atom is -0.298 e. The monoisotopic (exact) mass is 485 g/mol. The molecule has 3 aromatic carbocycles. The van der Waals surface area contributed by atoms with Crippen LogP contribution in [-0.2, 0) is 0 Å². The molecule has 0 saturated heterocycles. The van der Waals surface area contributed by atoms with Gasteiger partial charge < -0.3 is 0 Å². The second kappa shape index (κ2) is 8.41. The number of pyridine rings is 1. The fraction of sp³-hybridized carbons (Fsp3) is 0. The Bertz CT molecular complexity index is 1380. The van der Waals surface area contributed by atoms with Crippen molar-refractivity contribution in [3.05, 3.63) is 100 Å². The molecule has 0 radical (unpaired) electrons. The highest BCUT2D eigenvalue weighted by Crippen LogP contribution is 2.28.